The van der Waals surface area contributed by atoms with Crippen molar-refractivity contribution >= 4 is 7.94 Å². The maximum Gasteiger partial charge on any atom is 0.242 e. The minimum Gasteiger partial charge on any atom is -0.631 e. The SMILES string of the molecule is CO[P+]1([O-])Cc2ccccc2CO1. The highest BCUT2D eigenvalue weighted by atomic mass is 31.2. The van der Waals surface area contributed by atoms with Gasteiger partial charge in [-0.25, -0.2) is 9.05 Å². The summed E-state index contributed by atoms with van der Waals surface area (Å²) in [4.78, 5) is 11.7. The van der Waals surface area contributed by atoms with Crippen molar-refractivity contribution < 1.29 is 13.9 Å². The third kappa shape index (κ3) is 1.74. The lowest BCUT2D eigenvalue weighted by Gasteiger charge is -2.30. The molecule has 0 aromatic heterocycles. The minimum atomic E-state index is -2.83. The molecule has 0 saturated carbocycles. The predicted molar refractivity (Wildman–Crippen MR) is 48.9 cm³/mol. The molecular weight excluding hydrogens is 187 g/mol. The average Bonchev–Trinajstić information content (AvgIpc) is 2.18. The molecular formula is C9H11O3P. The van der Waals surface area contributed by atoms with Gasteiger partial charge in [0.2, 0.25) is 7.94 Å². The van der Waals surface area contributed by atoms with Crippen LogP contribution < -0.4 is 4.89 Å². The van der Waals surface area contributed by atoms with Crippen molar-refractivity contribution in [3.63, 3.8) is 0 Å². The van der Waals surface area contributed by atoms with Gasteiger partial charge in [0, 0.05) is 0 Å². The Morgan fingerprint density at radius 2 is 2.08 bits per heavy atom. The summed E-state index contributed by atoms with van der Waals surface area (Å²) in [6.45, 7) is 0.390. The number of benzene rings is 1. The fourth-order valence-electron chi connectivity index (χ4n) is 1.39. The molecule has 0 aliphatic carbocycles. The highest BCUT2D eigenvalue weighted by Gasteiger charge is 2.34. The zero-order valence-corrected chi connectivity index (χ0v) is 8.29. The fourth-order valence-corrected chi connectivity index (χ4v) is 2.78. The summed E-state index contributed by atoms with van der Waals surface area (Å²) in [6, 6.07) is 7.83. The van der Waals surface area contributed by atoms with Crippen molar-refractivity contribution in [3.05, 3.63) is 35.4 Å². The zero-order chi connectivity index (χ0) is 9.31. The van der Waals surface area contributed by atoms with E-state index in [0.717, 1.165) is 11.1 Å². The molecule has 0 spiro atoms. The van der Waals surface area contributed by atoms with Gasteiger partial charge in [0.05, 0.1) is 7.11 Å². The summed E-state index contributed by atoms with van der Waals surface area (Å²) >= 11 is 0. The molecule has 1 aliphatic rings. The van der Waals surface area contributed by atoms with Gasteiger partial charge in [0.15, 0.2) is 0 Å². The van der Waals surface area contributed by atoms with E-state index >= 15 is 0 Å². The number of hydrogen-bond acceptors (Lipinski definition) is 3. The van der Waals surface area contributed by atoms with Crippen molar-refractivity contribution in [2.45, 2.75) is 12.8 Å². The molecule has 3 nitrogen and oxygen atoms in total. The Morgan fingerprint density at radius 1 is 1.38 bits per heavy atom. The van der Waals surface area contributed by atoms with Gasteiger partial charge in [-0.3, -0.25) is 0 Å². The first kappa shape index (κ1) is 9.10. The molecule has 0 bridgehead atoms. The Kier molecular flexibility index (Phi) is 2.35. The largest absolute Gasteiger partial charge is 0.631 e. The predicted octanol–water partition coefficient (Wildman–Crippen LogP) is 1.49. The lowest BCUT2D eigenvalue weighted by atomic mass is 10.1. The van der Waals surface area contributed by atoms with Gasteiger partial charge in [0.1, 0.15) is 12.8 Å². The first-order valence-corrected chi connectivity index (χ1v) is 5.82. The van der Waals surface area contributed by atoms with Crippen LogP contribution in [0.2, 0.25) is 0 Å². The van der Waals surface area contributed by atoms with E-state index in [1.165, 1.54) is 7.11 Å². The normalized spacial score (nSPS) is 26.9. The van der Waals surface area contributed by atoms with Crippen LogP contribution in [0.4, 0.5) is 0 Å². The molecule has 1 atom stereocenters. The molecule has 0 amide bonds. The van der Waals surface area contributed by atoms with E-state index in [-0.39, 0.29) is 0 Å². The average molecular weight is 198 g/mol. The van der Waals surface area contributed by atoms with Crippen LogP contribution in [0.5, 0.6) is 0 Å². The van der Waals surface area contributed by atoms with Gasteiger partial charge in [-0.2, -0.15) is 0 Å². The maximum atomic E-state index is 11.7. The van der Waals surface area contributed by atoms with E-state index in [1.807, 2.05) is 24.3 Å². The summed E-state index contributed by atoms with van der Waals surface area (Å²) in [7, 11) is -1.40. The minimum absolute atomic E-state index is 0.389. The molecule has 1 unspecified atom stereocenters. The monoisotopic (exact) mass is 198 g/mol. The third-order valence-electron chi connectivity index (χ3n) is 2.18. The Hall–Kier alpha value is -0.470. The number of rotatable bonds is 1. The maximum absolute atomic E-state index is 11.7. The standard InChI is InChI=1S/C9H11O3P/c1-11-13(10)7-9-5-3-2-4-8(9)6-12-13/h2-5H,6-7H2,1H3. The topological polar surface area (TPSA) is 41.5 Å². The second-order valence-electron chi connectivity index (χ2n) is 2.99. The molecule has 2 rings (SSSR count). The quantitative estimate of drug-likeness (QED) is 0.642. The third-order valence-corrected chi connectivity index (χ3v) is 3.98. The van der Waals surface area contributed by atoms with E-state index in [2.05, 4.69) is 0 Å². The molecule has 70 valence electrons. The van der Waals surface area contributed by atoms with Crippen LogP contribution in [0.3, 0.4) is 0 Å². The van der Waals surface area contributed by atoms with Gasteiger partial charge in [-0.1, -0.05) is 24.3 Å². The molecule has 0 radical (unpaired) electrons. The van der Waals surface area contributed by atoms with E-state index in [4.69, 9.17) is 9.05 Å². The number of fused-ring (bicyclic) bond motifs is 1. The molecule has 0 saturated heterocycles. The van der Waals surface area contributed by atoms with Crippen molar-refractivity contribution in [2.75, 3.05) is 7.11 Å². The van der Waals surface area contributed by atoms with E-state index in [0.29, 0.717) is 12.8 Å². The van der Waals surface area contributed by atoms with E-state index < -0.39 is 7.94 Å². The first-order valence-electron chi connectivity index (χ1n) is 4.10. The summed E-state index contributed by atoms with van der Waals surface area (Å²) in [5.74, 6) is 0. The van der Waals surface area contributed by atoms with Gasteiger partial charge >= 0.3 is 0 Å². The van der Waals surface area contributed by atoms with Crippen LogP contribution in [0.1, 0.15) is 11.1 Å². The van der Waals surface area contributed by atoms with Crippen molar-refractivity contribution in [1.29, 1.82) is 0 Å². The molecule has 0 N–H and O–H groups in total. The second kappa shape index (κ2) is 3.35. The van der Waals surface area contributed by atoms with E-state index in [9.17, 15) is 4.89 Å². The van der Waals surface area contributed by atoms with Crippen LogP contribution in [-0.2, 0) is 21.8 Å². The van der Waals surface area contributed by atoms with Crippen molar-refractivity contribution in [3.8, 4) is 0 Å². The van der Waals surface area contributed by atoms with Crippen LogP contribution in [-0.4, -0.2) is 7.11 Å². The summed E-state index contributed by atoms with van der Waals surface area (Å²) in [6.07, 6.45) is 0.389. The van der Waals surface area contributed by atoms with Crippen LogP contribution >= 0.6 is 7.94 Å². The van der Waals surface area contributed by atoms with Gasteiger partial charge in [-0.05, 0) is 11.1 Å². The molecule has 0 fully saturated rings. The highest BCUT2D eigenvalue weighted by Crippen LogP contribution is 2.58. The van der Waals surface area contributed by atoms with Crippen LogP contribution in [0.15, 0.2) is 24.3 Å². The Labute approximate surface area is 77.9 Å². The molecule has 4 heteroatoms. The van der Waals surface area contributed by atoms with Gasteiger partial charge in [0.25, 0.3) is 0 Å². The molecule has 1 heterocycles. The van der Waals surface area contributed by atoms with Gasteiger partial charge in [-0.15, -0.1) is 0 Å². The van der Waals surface area contributed by atoms with Crippen molar-refractivity contribution in [2.24, 2.45) is 0 Å². The van der Waals surface area contributed by atoms with Crippen LogP contribution in [0, 0.1) is 0 Å². The smallest absolute Gasteiger partial charge is 0.242 e. The second-order valence-corrected chi connectivity index (χ2v) is 5.16. The molecule has 13 heavy (non-hydrogen) atoms. The Bertz CT molecular complexity index is 315. The van der Waals surface area contributed by atoms with E-state index in [1.54, 1.807) is 0 Å². The number of hydrogen-bond donors (Lipinski definition) is 0. The van der Waals surface area contributed by atoms with Crippen molar-refractivity contribution in [1.82, 2.24) is 0 Å². The zero-order valence-electron chi connectivity index (χ0n) is 7.40. The fraction of sp³-hybridized carbons (Fsp3) is 0.333. The lowest BCUT2D eigenvalue weighted by molar-refractivity contribution is -0.219. The summed E-state index contributed by atoms with van der Waals surface area (Å²) < 4.78 is 10.0. The van der Waals surface area contributed by atoms with Gasteiger partial charge < -0.3 is 4.89 Å². The Balaban J connectivity index is 2.29. The molecule has 1 aromatic carbocycles. The van der Waals surface area contributed by atoms with Crippen LogP contribution in [0.25, 0.3) is 0 Å². The first-order chi connectivity index (χ1) is 6.23. The molecule has 1 aliphatic heterocycles. The molecule has 1 aromatic rings. The summed E-state index contributed by atoms with van der Waals surface area (Å²) in [5.41, 5.74) is 2.17. The lowest BCUT2D eigenvalue weighted by Crippen LogP contribution is -2.21. The Morgan fingerprint density at radius 3 is 2.77 bits per heavy atom. The highest BCUT2D eigenvalue weighted by molar-refractivity contribution is 7.58. The summed E-state index contributed by atoms with van der Waals surface area (Å²) in [5, 5.41) is 0.